The van der Waals surface area contributed by atoms with Gasteiger partial charge in [0.2, 0.25) is 0 Å². The maximum absolute atomic E-state index is 12.7. The molecule has 0 bridgehead atoms. The molecule has 31 heavy (non-hydrogen) atoms. The van der Waals surface area contributed by atoms with Crippen molar-refractivity contribution in [2.45, 2.75) is 0 Å². The van der Waals surface area contributed by atoms with Crippen LogP contribution in [-0.4, -0.2) is 30.2 Å². The second kappa shape index (κ2) is 10.6. The molecule has 0 aliphatic rings. The zero-order valence-electron chi connectivity index (χ0n) is 16.3. The van der Waals surface area contributed by atoms with Crippen LogP contribution in [0.1, 0.15) is 20.8 Å². The number of ether oxygens (including phenoxy) is 1. The number of nitrogens with zero attached hydrogens (tertiary/aromatic N) is 1. The fourth-order valence-electron chi connectivity index (χ4n) is 2.53. The summed E-state index contributed by atoms with van der Waals surface area (Å²) in [4.78, 5) is 26.0. The Morgan fingerprint density at radius 1 is 1.16 bits per heavy atom. The molecule has 1 heterocycles. The second-order valence-corrected chi connectivity index (χ2v) is 8.03. The van der Waals surface area contributed by atoms with E-state index in [0.29, 0.717) is 15.6 Å². The summed E-state index contributed by atoms with van der Waals surface area (Å²) in [6.45, 7) is 0. The van der Waals surface area contributed by atoms with Crippen LogP contribution >= 0.6 is 27.3 Å². The number of nitrogens with one attached hydrogen (secondary N) is 2. The SMILES string of the molecule is COc1cc(Br)cc(/C=N/NC(=O)C(=Cc2cccs2)NC(=O)c2ccccc2)c1O. The topological polar surface area (TPSA) is 100 Å². The van der Waals surface area contributed by atoms with Gasteiger partial charge >= 0.3 is 0 Å². The van der Waals surface area contributed by atoms with Gasteiger partial charge in [-0.25, -0.2) is 5.43 Å². The lowest BCUT2D eigenvalue weighted by Gasteiger charge is -2.09. The minimum Gasteiger partial charge on any atom is -0.504 e. The predicted molar refractivity (Wildman–Crippen MR) is 124 cm³/mol. The van der Waals surface area contributed by atoms with Gasteiger partial charge in [0.15, 0.2) is 11.5 Å². The molecule has 0 saturated carbocycles. The van der Waals surface area contributed by atoms with Crippen LogP contribution in [0, 0.1) is 0 Å². The van der Waals surface area contributed by atoms with Crippen LogP contribution in [0.5, 0.6) is 11.5 Å². The molecule has 0 atom stereocenters. The van der Waals surface area contributed by atoms with E-state index in [0.717, 1.165) is 4.88 Å². The third kappa shape index (κ3) is 6.03. The van der Waals surface area contributed by atoms with Gasteiger partial charge in [-0.1, -0.05) is 40.2 Å². The number of methoxy groups -OCH3 is 1. The summed E-state index contributed by atoms with van der Waals surface area (Å²) in [5.74, 6) is -0.890. The van der Waals surface area contributed by atoms with Gasteiger partial charge in [0.05, 0.1) is 13.3 Å². The molecule has 0 radical (unpaired) electrons. The van der Waals surface area contributed by atoms with Crippen molar-refractivity contribution in [3.63, 3.8) is 0 Å². The fourth-order valence-corrected chi connectivity index (χ4v) is 3.64. The predicted octanol–water partition coefficient (Wildman–Crippen LogP) is 4.15. The number of hydrogen-bond acceptors (Lipinski definition) is 6. The van der Waals surface area contributed by atoms with Gasteiger partial charge in [-0.05, 0) is 41.8 Å². The maximum atomic E-state index is 12.7. The molecule has 158 valence electrons. The quantitative estimate of drug-likeness (QED) is 0.258. The number of hydrazone groups is 1. The molecule has 0 saturated heterocycles. The second-order valence-electron chi connectivity index (χ2n) is 6.14. The van der Waals surface area contributed by atoms with Crippen LogP contribution in [0.2, 0.25) is 0 Å². The molecule has 3 rings (SSSR count). The number of amides is 2. The Balaban J connectivity index is 1.79. The average Bonchev–Trinajstić information content (AvgIpc) is 3.29. The third-order valence-corrected chi connectivity index (χ3v) is 5.29. The first kappa shape index (κ1) is 22.3. The monoisotopic (exact) mass is 499 g/mol. The molecule has 0 unspecified atom stereocenters. The van der Waals surface area contributed by atoms with Crippen LogP contribution in [0.4, 0.5) is 0 Å². The number of benzene rings is 2. The number of halogens is 1. The van der Waals surface area contributed by atoms with Crippen LogP contribution in [-0.2, 0) is 4.79 Å². The molecular formula is C22H18BrN3O4S. The van der Waals surface area contributed by atoms with Crippen LogP contribution < -0.4 is 15.5 Å². The van der Waals surface area contributed by atoms with Crippen LogP contribution in [0.3, 0.4) is 0 Å². The van der Waals surface area contributed by atoms with E-state index in [1.165, 1.54) is 24.7 Å². The number of hydrogen-bond donors (Lipinski definition) is 3. The Hall–Kier alpha value is -3.43. The van der Waals surface area contributed by atoms with Crippen molar-refractivity contribution < 1.29 is 19.4 Å². The summed E-state index contributed by atoms with van der Waals surface area (Å²) in [5.41, 5.74) is 3.16. The Kier molecular flexibility index (Phi) is 7.58. The van der Waals surface area contributed by atoms with E-state index >= 15 is 0 Å². The lowest BCUT2D eigenvalue weighted by Crippen LogP contribution is -2.32. The number of rotatable bonds is 7. The molecule has 0 fully saturated rings. The Labute approximate surface area is 191 Å². The molecule has 3 aromatic rings. The molecule has 3 N–H and O–H groups in total. The average molecular weight is 500 g/mol. The summed E-state index contributed by atoms with van der Waals surface area (Å²) in [5, 5.41) is 18.6. The smallest absolute Gasteiger partial charge is 0.287 e. The molecule has 0 aliphatic carbocycles. The molecular weight excluding hydrogens is 482 g/mol. The van der Waals surface area contributed by atoms with Crippen molar-refractivity contribution in [2.24, 2.45) is 5.10 Å². The highest BCUT2D eigenvalue weighted by molar-refractivity contribution is 9.10. The molecule has 9 heteroatoms. The molecule has 2 amide bonds. The highest BCUT2D eigenvalue weighted by atomic mass is 79.9. The first-order valence-electron chi connectivity index (χ1n) is 8.99. The van der Waals surface area contributed by atoms with E-state index in [4.69, 9.17) is 4.74 Å². The van der Waals surface area contributed by atoms with E-state index in [2.05, 4.69) is 31.8 Å². The first-order chi connectivity index (χ1) is 15.0. The zero-order chi connectivity index (χ0) is 22.2. The van der Waals surface area contributed by atoms with Gasteiger partial charge in [0.1, 0.15) is 5.70 Å². The molecule has 1 aromatic heterocycles. The Morgan fingerprint density at radius 2 is 1.94 bits per heavy atom. The lowest BCUT2D eigenvalue weighted by molar-refractivity contribution is -0.117. The van der Waals surface area contributed by atoms with Gasteiger partial charge in [0.25, 0.3) is 11.8 Å². The highest BCUT2D eigenvalue weighted by Crippen LogP contribution is 2.32. The Morgan fingerprint density at radius 3 is 2.61 bits per heavy atom. The minimum atomic E-state index is -0.615. The van der Waals surface area contributed by atoms with E-state index in [1.54, 1.807) is 48.5 Å². The number of aromatic hydroxyl groups is 1. The van der Waals surface area contributed by atoms with E-state index in [9.17, 15) is 14.7 Å². The molecule has 2 aromatic carbocycles. The minimum absolute atomic E-state index is 0.0319. The summed E-state index contributed by atoms with van der Waals surface area (Å²) in [6.07, 6.45) is 2.85. The third-order valence-electron chi connectivity index (χ3n) is 4.02. The summed E-state index contributed by atoms with van der Waals surface area (Å²) in [7, 11) is 1.43. The zero-order valence-corrected chi connectivity index (χ0v) is 18.7. The van der Waals surface area contributed by atoms with E-state index in [-0.39, 0.29) is 17.2 Å². The fraction of sp³-hybridized carbons (Fsp3) is 0.0455. The van der Waals surface area contributed by atoms with Gasteiger partial charge in [-0.15, -0.1) is 11.3 Å². The summed E-state index contributed by atoms with van der Waals surface area (Å²) >= 11 is 4.74. The van der Waals surface area contributed by atoms with Crippen molar-refractivity contribution >= 4 is 51.4 Å². The highest BCUT2D eigenvalue weighted by Gasteiger charge is 2.15. The summed E-state index contributed by atoms with van der Waals surface area (Å²) in [6, 6.07) is 15.5. The maximum Gasteiger partial charge on any atom is 0.287 e. The molecule has 7 nitrogen and oxygen atoms in total. The van der Waals surface area contributed by atoms with Gasteiger partial charge in [-0.3, -0.25) is 9.59 Å². The normalized spacial score (nSPS) is 11.4. The molecule has 0 aliphatic heterocycles. The van der Waals surface area contributed by atoms with Gasteiger partial charge in [0, 0.05) is 20.5 Å². The summed E-state index contributed by atoms with van der Waals surface area (Å²) < 4.78 is 5.76. The van der Waals surface area contributed by atoms with Crippen molar-refractivity contribution in [3.05, 3.63) is 86.2 Å². The number of phenols is 1. The number of phenolic OH excluding ortho intramolecular Hbond substituents is 1. The number of carbonyl (C=O) groups excluding carboxylic acids is 2. The van der Waals surface area contributed by atoms with Crippen molar-refractivity contribution in [1.29, 1.82) is 0 Å². The first-order valence-corrected chi connectivity index (χ1v) is 10.7. The standard InChI is InChI=1S/C22H18BrN3O4S/c1-30-19-11-16(23)10-15(20(19)27)13-24-26-22(29)18(12-17-8-5-9-31-17)25-21(28)14-6-3-2-4-7-14/h2-13,27H,1H3,(H,25,28)(H,26,29)/b18-12?,24-13+. The van der Waals surface area contributed by atoms with Crippen LogP contribution in [0.25, 0.3) is 6.08 Å². The van der Waals surface area contributed by atoms with Crippen molar-refractivity contribution in [1.82, 2.24) is 10.7 Å². The lowest BCUT2D eigenvalue weighted by atomic mass is 10.2. The van der Waals surface area contributed by atoms with Gasteiger partial charge in [-0.2, -0.15) is 5.10 Å². The number of thiophene rings is 1. The van der Waals surface area contributed by atoms with E-state index in [1.807, 2.05) is 17.5 Å². The van der Waals surface area contributed by atoms with Gasteiger partial charge < -0.3 is 15.2 Å². The number of carbonyl (C=O) groups is 2. The molecule has 0 spiro atoms. The van der Waals surface area contributed by atoms with Crippen molar-refractivity contribution in [2.75, 3.05) is 7.11 Å². The van der Waals surface area contributed by atoms with Crippen molar-refractivity contribution in [3.8, 4) is 11.5 Å². The van der Waals surface area contributed by atoms with Crippen LogP contribution in [0.15, 0.2) is 75.2 Å². The van der Waals surface area contributed by atoms with E-state index < -0.39 is 11.8 Å². The largest absolute Gasteiger partial charge is 0.504 e. The Bertz CT molecular complexity index is 1130.